The van der Waals surface area contributed by atoms with Gasteiger partial charge in [0, 0.05) is 0 Å². The molecule has 100 valence electrons. The van der Waals surface area contributed by atoms with Crippen molar-refractivity contribution in [2.45, 2.75) is 39.0 Å². The zero-order valence-corrected chi connectivity index (χ0v) is 11.0. The molecular formula is C11H16ClN3O3. The molecule has 0 radical (unpaired) electrons. The summed E-state index contributed by atoms with van der Waals surface area (Å²) in [5.41, 5.74) is -0.257. The van der Waals surface area contributed by atoms with Gasteiger partial charge in [0.15, 0.2) is 0 Å². The predicted molar refractivity (Wildman–Crippen MR) is 68.0 cm³/mol. The summed E-state index contributed by atoms with van der Waals surface area (Å²) in [5.74, 6) is -0.0597. The summed E-state index contributed by atoms with van der Waals surface area (Å²) in [6, 6.07) is 0. The minimum atomic E-state index is -0.581. The minimum absolute atomic E-state index is 0.0541. The van der Waals surface area contributed by atoms with Gasteiger partial charge < -0.3 is 4.74 Å². The highest BCUT2D eigenvalue weighted by atomic mass is 35.5. The van der Waals surface area contributed by atoms with Crippen LogP contribution in [0, 0.1) is 10.1 Å². The van der Waals surface area contributed by atoms with Crippen molar-refractivity contribution < 1.29 is 9.66 Å². The van der Waals surface area contributed by atoms with Crippen molar-refractivity contribution in [1.29, 1.82) is 0 Å². The second kappa shape index (κ2) is 7.81. The summed E-state index contributed by atoms with van der Waals surface area (Å²) in [6.45, 7) is 2.54. The first-order chi connectivity index (χ1) is 8.65. The van der Waals surface area contributed by atoms with Gasteiger partial charge in [0.25, 0.3) is 5.88 Å². The third-order valence-electron chi connectivity index (χ3n) is 2.39. The molecular weight excluding hydrogens is 258 g/mol. The van der Waals surface area contributed by atoms with Crippen molar-refractivity contribution in [2.75, 3.05) is 6.61 Å². The van der Waals surface area contributed by atoms with E-state index in [2.05, 4.69) is 16.9 Å². The summed E-state index contributed by atoms with van der Waals surface area (Å²) >= 11 is 5.58. The highest BCUT2D eigenvalue weighted by Gasteiger charge is 2.18. The predicted octanol–water partition coefficient (Wildman–Crippen LogP) is 3.39. The Hall–Kier alpha value is -1.43. The normalized spacial score (nSPS) is 10.3. The maximum atomic E-state index is 10.7. The Labute approximate surface area is 110 Å². The van der Waals surface area contributed by atoms with Crippen molar-refractivity contribution in [1.82, 2.24) is 9.97 Å². The molecule has 0 amide bonds. The van der Waals surface area contributed by atoms with Crippen molar-refractivity contribution in [3.05, 3.63) is 21.6 Å². The third-order valence-corrected chi connectivity index (χ3v) is 2.57. The largest absolute Gasteiger partial charge is 0.473 e. The lowest BCUT2D eigenvalue weighted by atomic mass is 10.2. The van der Waals surface area contributed by atoms with Crippen LogP contribution >= 0.6 is 11.6 Å². The molecule has 6 nitrogen and oxygen atoms in total. The minimum Gasteiger partial charge on any atom is -0.473 e. The van der Waals surface area contributed by atoms with Crippen LogP contribution in [0.25, 0.3) is 0 Å². The number of halogens is 1. The third kappa shape index (κ3) is 4.83. The highest BCUT2D eigenvalue weighted by Crippen LogP contribution is 2.24. The fourth-order valence-electron chi connectivity index (χ4n) is 1.45. The zero-order chi connectivity index (χ0) is 13.4. The molecule has 7 heteroatoms. The number of aromatic nitrogens is 2. The zero-order valence-electron chi connectivity index (χ0n) is 10.3. The molecule has 0 spiro atoms. The van der Waals surface area contributed by atoms with Gasteiger partial charge in [-0.15, -0.1) is 0 Å². The van der Waals surface area contributed by atoms with E-state index in [1.54, 1.807) is 0 Å². The van der Waals surface area contributed by atoms with Gasteiger partial charge in [0.1, 0.15) is 6.20 Å². The SMILES string of the molecule is CCCCCCCOc1nc(Cl)ncc1[N+](=O)[O-]. The maximum absolute atomic E-state index is 10.7. The monoisotopic (exact) mass is 273 g/mol. The molecule has 0 aliphatic carbocycles. The van der Waals surface area contributed by atoms with Gasteiger partial charge in [0.05, 0.1) is 11.5 Å². The fourth-order valence-corrected chi connectivity index (χ4v) is 1.57. The highest BCUT2D eigenvalue weighted by molar-refractivity contribution is 6.28. The van der Waals surface area contributed by atoms with Gasteiger partial charge in [-0.25, -0.2) is 4.98 Å². The van der Waals surface area contributed by atoms with Gasteiger partial charge in [0.2, 0.25) is 5.28 Å². The summed E-state index contributed by atoms with van der Waals surface area (Å²) in [5, 5.41) is 10.7. The van der Waals surface area contributed by atoms with E-state index < -0.39 is 4.92 Å². The molecule has 0 saturated carbocycles. The molecule has 1 aromatic heterocycles. The topological polar surface area (TPSA) is 78.2 Å². The van der Waals surface area contributed by atoms with Gasteiger partial charge >= 0.3 is 5.69 Å². The fraction of sp³-hybridized carbons (Fsp3) is 0.636. The molecule has 0 bridgehead atoms. The Morgan fingerprint density at radius 3 is 2.78 bits per heavy atom. The smallest absolute Gasteiger partial charge is 0.349 e. The Balaban J connectivity index is 2.45. The summed E-state index contributed by atoms with van der Waals surface area (Å²) in [6.07, 6.45) is 6.46. The van der Waals surface area contributed by atoms with Crippen LogP contribution in [0.1, 0.15) is 39.0 Å². The summed E-state index contributed by atoms with van der Waals surface area (Å²) in [4.78, 5) is 17.4. The Morgan fingerprint density at radius 1 is 1.39 bits per heavy atom. The first-order valence-electron chi connectivity index (χ1n) is 5.95. The van der Waals surface area contributed by atoms with Crippen LogP contribution in [0.15, 0.2) is 6.20 Å². The van der Waals surface area contributed by atoms with E-state index in [-0.39, 0.29) is 16.9 Å². The van der Waals surface area contributed by atoms with Gasteiger partial charge in [-0.3, -0.25) is 10.1 Å². The average Bonchev–Trinajstić information content (AvgIpc) is 2.33. The summed E-state index contributed by atoms with van der Waals surface area (Å²) < 4.78 is 5.28. The number of ether oxygens (including phenoxy) is 1. The Bertz CT molecular complexity index is 401. The molecule has 0 aliphatic rings. The molecule has 1 rings (SSSR count). The van der Waals surface area contributed by atoms with E-state index in [0.29, 0.717) is 6.61 Å². The molecule has 0 aliphatic heterocycles. The number of unbranched alkanes of at least 4 members (excludes halogenated alkanes) is 4. The van der Waals surface area contributed by atoms with Gasteiger partial charge in [-0.05, 0) is 18.0 Å². The molecule has 0 fully saturated rings. The number of hydrogen-bond acceptors (Lipinski definition) is 5. The molecule has 0 N–H and O–H groups in total. The number of rotatable bonds is 8. The molecule has 18 heavy (non-hydrogen) atoms. The number of hydrogen-bond donors (Lipinski definition) is 0. The van der Waals surface area contributed by atoms with Crippen molar-refractivity contribution >= 4 is 17.3 Å². The second-order valence-electron chi connectivity index (χ2n) is 3.85. The Morgan fingerprint density at radius 2 is 2.11 bits per heavy atom. The quantitative estimate of drug-likeness (QED) is 0.314. The molecule has 0 aromatic carbocycles. The van der Waals surface area contributed by atoms with Crippen molar-refractivity contribution in [3.63, 3.8) is 0 Å². The lowest BCUT2D eigenvalue weighted by Crippen LogP contribution is -2.03. The standard InChI is InChI=1S/C11H16ClN3O3/c1-2-3-4-5-6-7-18-10-9(15(16)17)8-13-11(12)14-10/h8H,2-7H2,1H3. The van der Waals surface area contributed by atoms with E-state index >= 15 is 0 Å². The lowest BCUT2D eigenvalue weighted by Gasteiger charge is -2.05. The molecule has 0 saturated heterocycles. The first-order valence-corrected chi connectivity index (χ1v) is 6.32. The maximum Gasteiger partial charge on any atom is 0.349 e. The van der Waals surface area contributed by atoms with E-state index in [1.165, 1.54) is 12.8 Å². The van der Waals surface area contributed by atoms with Gasteiger partial charge in [-0.2, -0.15) is 4.98 Å². The van der Waals surface area contributed by atoms with Crippen LogP contribution in [0.2, 0.25) is 5.28 Å². The lowest BCUT2D eigenvalue weighted by molar-refractivity contribution is -0.386. The van der Waals surface area contributed by atoms with Crippen molar-refractivity contribution in [3.8, 4) is 5.88 Å². The Kier molecular flexibility index (Phi) is 6.35. The number of nitro groups is 1. The summed E-state index contributed by atoms with van der Waals surface area (Å²) in [7, 11) is 0. The van der Waals surface area contributed by atoms with Crippen LogP contribution in [0.3, 0.4) is 0 Å². The van der Waals surface area contributed by atoms with E-state index in [1.807, 2.05) is 0 Å². The number of nitrogens with zero attached hydrogens (tertiary/aromatic N) is 3. The van der Waals surface area contributed by atoms with Crippen LogP contribution in [0.4, 0.5) is 5.69 Å². The van der Waals surface area contributed by atoms with E-state index in [9.17, 15) is 10.1 Å². The van der Waals surface area contributed by atoms with Crippen LogP contribution < -0.4 is 4.74 Å². The van der Waals surface area contributed by atoms with Crippen LogP contribution in [0.5, 0.6) is 5.88 Å². The van der Waals surface area contributed by atoms with Gasteiger partial charge in [-0.1, -0.05) is 32.6 Å². The van der Waals surface area contributed by atoms with Crippen LogP contribution in [-0.4, -0.2) is 21.5 Å². The molecule has 0 atom stereocenters. The first kappa shape index (κ1) is 14.6. The van der Waals surface area contributed by atoms with Crippen LogP contribution in [-0.2, 0) is 0 Å². The second-order valence-corrected chi connectivity index (χ2v) is 4.19. The molecule has 1 heterocycles. The van der Waals surface area contributed by atoms with Crippen molar-refractivity contribution in [2.24, 2.45) is 0 Å². The van der Waals surface area contributed by atoms with E-state index in [0.717, 1.165) is 25.5 Å². The average molecular weight is 274 g/mol. The molecule has 1 aromatic rings. The van der Waals surface area contributed by atoms with E-state index in [4.69, 9.17) is 16.3 Å². The molecule has 0 unspecified atom stereocenters.